The SMILES string of the molecule is CC(C)C[C@H](NC(=O)[C@H](C)N(C)C(C)C)C(=O)O. The molecule has 0 spiro atoms. The van der Waals surface area contributed by atoms with Crippen molar-refractivity contribution < 1.29 is 14.7 Å². The van der Waals surface area contributed by atoms with Crippen LogP contribution in [0.2, 0.25) is 0 Å². The molecule has 0 saturated carbocycles. The van der Waals surface area contributed by atoms with E-state index >= 15 is 0 Å². The number of carboxylic acids is 1. The minimum atomic E-state index is -0.976. The molecule has 0 aromatic rings. The molecule has 0 radical (unpaired) electrons. The average molecular weight is 258 g/mol. The van der Waals surface area contributed by atoms with Gasteiger partial charge in [-0.1, -0.05) is 13.8 Å². The van der Waals surface area contributed by atoms with Gasteiger partial charge in [0.2, 0.25) is 5.91 Å². The van der Waals surface area contributed by atoms with Crippen molar-refractivity contribution in [2.24, 2.45) is 5.92 Å². The van der Waals surface area contributed by atoms with Crippen LogP contribution in [0, 0.1) is 5.92 Å². The molecule has 0 unspecified atom stereocenters. The Morgan fingerprint density at radius 3 is 2.00 bits per heavy atom. The number of carboxylic acid groups (broad SMARTS) is 1. The molecule has 0 saturated heterocycles. The summed E-state index contributed by atoms with van der Waals surface area (Å²) in [6.07, 6.45) is 0.444. The maximum atomic E-state index is 12.0. The van der Waals surface area contributed by atoms with E-state index in [1.807, 2.05) is 39.6 Å². The first-order valence-corrected chi connectivity index (χ1v) is 6.41. The van der Waals surface area contributed by atoms with E-state index in [9.17, 15) is 9.59 Å². The smallest absolute Gasteiger partial charge is 0.326 e. The highest BCUT2D eigenvalue weighted by Crippen LogP contribution is 2.07. The molecule has 106 valence electrons. The van der Waals surface area contributed by atoms with E-state index < -0.39 is 12.0 Å². The van der Waals surface area contributed by atoms with Crippen LogP contribution in [0.1, 0.15) is 41.0 Å². The van der Waals surface area contributed by atoms with E-state index in [0.29, 0.717) is 6.42 Å². The molecule has 0 aromatic heterocycles. The van der Waals surface area contributed by atoms with Crippen molar-refractivity contribution in [2.45, 2.75) is 59.2 Å². The second-order valence-corrected chi connectivity index (χ2v) is 5.46. The molecule has 0 aliphatic carbocycles. The van der Waals surface area contributed by atoms with Gasteiger partial charge in [0.25, 0.3) is 0 Å². The van der Waals surface area contributed by atoms with E-state index in [2.05, 4.69) is 5.32 Å². The Bertz CT molecular complexity index is 290. The average Bonchev–Trinajstić information content (AvgIpc) is 2.24. The van der Waals surface area contributed by atoms with Gasteiger partial charge in [-0.05, 0) is 40.2 Å². The van der Waals surface area contributed by atoms with Crippen molar-refractivity contribution in [1.82, 2.24) is 10.2 Å². The van der Waals surface area contributed by atoms with Gasteiger partial charge in [0.05, 0.1) is 6.04 Å². The Labute approximate surface area is 110 Å². The summed E-state index contributed by atoms with van der Waals surface area (Å²) in [5.74, 6) is -0.986. The van der Waals surface area contributed by atoms with Crippen molar-refractivity contribution in [1.29, 1.82) is 0 Å². The molecule has 0 rings (SSSR count). The predicted molar refractivity (Wildman–Crippen MR) is 71.4 cm³/mol. The first-order chi connectivity index (χ1) is 8.16. The van der Waals surface area contributed by atoms with Crippen molar-refractivity contribution in [2.75, 3.05) is 7.05 Å². The molecule has 2 N–H and O–H groups in total. The molecule has 2 atom stereocenters. The first kappa shape index (κ1) is 16.9. The molecule has 0 aliphatic rings. The van der Waals surface area contributed by atoms with Gasteiger partial charge in [0.15, 0.2) is 0 Å². The first-order valence-electron chi connectivity index (χ1n) is 6.41. The topological polar surface area (TPSA) is 69.6 Å². The molecule has 0 bridgehead atoms. The van der Waals surface area contributed by atoms with Gasteiger partial charge in [0.1, 0.15) is 6.04 Å². The molecule has 1 amide bonds. The summed E-state index contributed by atoms with van der Waals surface area (Å²) in [6.45, 7) is 9.64. The van der Waals surface area contributed by atoms with Gasteiger partial charge in [-0.15, -0.1) is 0 Å². The summed E-state index contributed by atoms with van der Waals surface area (Å²) >= 11 is 0. The highest BCUT2D eigenvalue weighted by Gasteiger charge is 2.26. The maximum absolute atomic E-state index is 12.0. The Hall–Kier alpha value is -1.10. The number of hydrogen-bond acceptors (Lipinski definition) is 3. The monoisotopic (exact) mass is 258 g/mol. The van der Waals surface area contributed by atoms with Gasteiger partial charge in [-0.3, -0.25) is 9.69 Å². The molecule has 0 heterocycles. The lowest BCUT2D eigenvalue weighted by molar-refractivity contribution is -0.143. The number of carbonyl (C=O) groups is 2. The number of rotatable bonds is 7. The van der Waals surface area contributed by atoms with Crippen LogP contribution >= 0.6 is 0 Å². The number of aliphatic carboxylic acids is 1. The van der Waals surface area contributed by atoms with Gasteiger partial charge >= 0.3 is 5.97 Å². The third-order valence-electron chi connectivity index (χ3n) is 3.13. The zero-order valence-electron chi connectivity index (χ0n) is 12.2. The largest absolute Gasteiger partial charge is 0.480 e. The Kier molecular flexibility index (Phi) is 6.91. The third kappa shape index (κ3) is 5.49. The summed E-state index contributed by atoms with van der Waals surface area (Å²) in [6, 6.07) is -0.904. The molecule has 0 aliphatic heterocycles. The number of likely N-dealkylation sites (N-methyl/N-ethyl adjacent to an activating group) is 1. The Morgan fingerprint density at radius 2 is 1.67 bits per heavy atom. The van der Waals surface area contributed by atoms with Crippen molar-refractivity contribution >= 4 is 11.9 Å². The molecular formula is C13H26N2O3. The van der Waals surface area contributed by atoms with E-state index in [1.54, 1.807) is 6.92 Å². The van der Waals surface area contributed by atoms with Crippen LogP contribution in [-0.2, 0) is 9.59 Å². The summed E-state index contributed by atoms with van der Waals surface area (Å²) in [7, 11) is 1.85. The second-order valence-electron chi connectivity index (χ2n) is 5.46. The summed E-state index contributed by atoms with van der Waals surface area (Å²) in [5, 5.41) is 11.7. The fourth-order valence-corrected chi connectivity index (χ4v) is 1.62. The molecule has 0 fully saturated rings. The quantitative estimate of drug-likeness (QED) is 0.723. The number of nitrogens with zero attached hydrogens (tertiary/aromatic N) is 1. The minimum Gasteiger partial charge on any atom is -0.480 e. The normalized spacial score (nSPS) is 14.9. The van der Waals surface area contributed by atoms with Crippen LogP contribution in [0.25, 0.3) is 0 Å². The fraction of sp³-hybridized carbons (Fsp3) is 0.846. The van der Waals surface area contributed by atoms with Gasteiger partial charge < -0.3 is 10.4 Å². The maximum Gasteiger partial charge on any atom is 0.326 e. The van der Waals surface area contributed by atoms with Crippen LogP contribution in [0.15, 0.2) is 0 Å². The van der Waals surface area contributed by atoms with Crippen LogP contribution < -0.4 is 5.32 Å². The Morgan fingerprint density at radius 1 is 1.17 bits per heavy atom. The van der Waals surface area contributed by atoms with Crippen molar-refractivity contribution in [3.63, 3.8) is 0 Å². The number of hydrogen-bond donors (Lipinski definition) is 2. The second kappa shape index (κ2) is 7.36. The summed E-state index contributed by atoms with van der Waals surface area (Å²) < 4.78 is 0. The lowest BCUT2D eigenvalue weighted by Gasteiger charge is -2.28. The summed E-state index contributed by atoms with van der Waals surface area (Å²) in [4.78, 5) is 24.9. The molecule has 5 heteroatoms. The van der Waals surface area contributed by atoms with E-state index in [0.717, 1.165) is 0 Å². The highest BCUT2D eigenvalue weighted by atomic mass is 16.4. The predicted octanol–water partition coefficient (Wildman–Crippen LogP) is 1.33. The van der Waals surface area contributed by atoms with Gasteiger partial charge in [-0.2, -0.15) is 0 Å². The standard InChI is InChI=1S/C13H26N2O3/c1-8(2)7-11(13(17)18)14-12(16)10(5)15(6)9(3)4/h8-11H,7H2,1-6H3,(H,14,16)(H,17,18)/t10-,11-/m0/s1. The van der Waals surface area contributed by atoms with Gasteiger partial charge in [-0.25, -0.2) is 4.79 Å². The number of carbonyl (C=O) groups excluding carboxylic acids is 1. The van der Waals surface area contributed by atoms with E-state index in [1.165, 1.54) is 0 Å². The number of nitrogens with one attached hydrogen (secondary N) is 1. The molecule has 0 aromatic carbocycles. The fourth-order valence-electron chi connectivity index (χ4n) is 1.62. The molecular weight excluding hydrogens is 232 g/mol. The minimum absolute atomic E-state index is 0.226. The van der Waals surface area contributed by atoms with E-state index in [4.69, 9.17) is 5.11 Å². The van der Waals surface area contributed by atoms with Crippen LogP contribution in [0.5, 0.6) is 0 Å². The molecule has 18 heavy (non-hydrogen) atoms. The lowest BCUT2D eigenvalue weighted by atomic mass is 10.0. The highest BCUT2D eigenvalue weighted by molar-refractivity contribution is 5.86. The zero-order chi connectivity index (χ0) is 14.5. The Balaban J connectivity index is 4.55. The number of amides is 1. The van der Waals surface area contributed by atoms with Crippen molar-refractivity contribution in [3.05, 3.63) is 0 Å². The van der Waals surface area contributed by atoms with Gasteiger partial charge in [0, 0.05) is 6.04 Å². The third-order valence-corrected chi connectivity index (χ3v) is 3.13. The van der Waals surface area contributed by atoms with Crippen LogP contribution in [0.3, 0.4) is 0 Å². The van der Waals surface area contributed by atoms with Crippen LogP contribution in [0.4, 0.5) is 0 Å². The lowest BCUT2D eigenvalue weighted by Crippen LogP contribution is -2.51. The van der Waals surface area contributed by atoms with Crippen LogP contribution in [-0.4, -0.2) is 47.1 Å². The zero-order valence-corrected chi connectivity index (χ0v) is 12.2. The summed E-state index contributed by atoms with van der Waals surface area (Å²) in [5.41, 5.74) is 0. The molecule has 5 nitrogen and oxygen atoms in total. The van der Waals surface area contributed by atoms with Crippen molar-refractivity contribution in [3.8, 4) is 0 Å². The van der Waals surface area contributed by atoms with E-state index in [-0.39, 0.29) is 23.9 Å².